The molecule has 4 heteroatoms. The van der Waals surface area contributed by atoms with E-state index in [0.29, 0.717) is 0 Å². The van der Waals surface area contributed by atoms with Crippen LogP contribution in [0.1, 0.15) is 23.9 Å². The maximum atomic E-state index is 4.91. The first kappa shape index (κ1) is 16.1. The molecular weight excluding hydrogens is 332 g/mol. The van der Waals surface area contributed by atoms with Gasteiger partial charge in [-0.2, -0.15) is 0 Å². The smallest absolute Gasteiger partial charge is 0.157 e. The van der Waals surface area contributed by atoms with Crippen LogP contribution in [0.3, 0.4) is 0 Å². The largest absolute Gasteiger partial charge is 0.350 e. The highest BCUT2D eigenvalue weighted by atomic mass is 15.2. The monoisotopic (exact) mass is 354 g/mol. The Kier molecular flexibility index (Phi) is 3.89. The van der Waals surface area contributed by atoms with Crippen molar-refractivity contribution in [1.82, 2.24) is 15.0 Å². The summed E-state index contributed by atoms with van der Waals surface area (Å²) in [7, 11) is 0. The Morgan fingerprint density at radius 1 is 0.963 bits per heavy atom. The van der Waals surface area contributed by atoms with Crippen molar-refractivity contribution >= 4 is 16.9 Å². The molecule has 0 bridgehead atoms. The molecule has 4 nitrogen and oxygen atoms in total. The van der Waals surface area contributed by atoms with Gasteiger partial charge in [0.05, 0.1) is 5.52 Å². The quantitative estimate of drug-likeness (QED) is 0.577. The van der Waals surface area contributed by atoms with Gasteiger partial charge in [-0.3, -0.25) is 0 Å². The summed E-state index contributed by atoms with van der Waals surface area (Å²) < 4.78 is 0. The second-order valence-electron chi connectivity index (χ2n) is 7.07. The van der Waals surface area contributed by atoms with Crippen LogP contribution in [-0.2, 0) is 19.4 Å². The summed E-state index contributed by atoms with van der Waals surface area (Å²) in [6.07, 6.45) is 1.88. The number of nitrogens with zero attached hydrogens (tertiary/aromatic N) is 3. The van der Waals surface area contributed by atoms with Gasteiger partial charge in [0, 0.05) is 25.2 Å². The fourth-order valence-corrected chi connectivity index (χ4v) is 3.88. The number of anilines is 1. The standard InChI is InChI=1S/C23H22N4/c1-2-21-24-20-14-19(17-9-4-3-5-10-17)25-22(20)23(26-21)27-13-12-16-8-6-7-11-18(16)15-27/h3-11,14,25H,2,12-13,15H2,1H3. The van der Waals surface area contributed by atoms with Crippen LogP contribution in [0.5, 0.6) is 0 Å². The molecule has 2 aromatic carbocycles. The van der Waals surface area contributed by atoms with Crippen LogP contribution in [-0.4, -0.2) is 21.5 Å². The van der Waals surface area contributed by atoms with Gasteiger partial charge in [-0.1, -0.05) is 61.5 Å². The average Bonchev–Trinajstić information content (AvgIpc) is 3.17. The summed E-state index contributed by atoms with van der Waals surface area (Å²) in [5.41, 5.74) is 7.13. The van der Waals surface area contributed by atoms with E-state index >= 15 is 0 Å². The van der Waals surface area contributed by atoms with Gasteiger partial charge in [0.1, 0.15) is 11.3 Å². The van der Waals surface area contributed by atoms with E-state index in [0.717, 1.165) is 54.3 Å². The lowest BCUT2D eigenvalue weighted by atomic mass is 10.00. The number of rotatable bonds is 3. The van der Waals surface area contributed by atoms with Gasteiger partial charge in [-0.25, -0.2) is 9.97 Å². The molecule has 0 amide bonds. The van der Waals surface area contributed by atoms with Crippen molar-refractivity contribution < 1.29 is 0 Å². The minimum atomic E-state index is 0.833. The van der Waals surface area contributed by atoms with Crippen LogP contribution in [0.25, 0.3) is 22.3 Å². The van der Waals surface area contributed by atoms with Crippen LogP contribution in [0.4, 0.5) is 5.82 Å². The molecule has 1 N–H and O–H groups in total. The average molecular weight is 354 g/mol. The minimum absolute atomic E-state index is 0.833. The highest BCUT2D eigenvalue weighted by molar-refractivity contribution is 5.91. The van der Waals surface area contributed by atoms with E-state index < -0.39 is 0 Å². The molecule has 5 rings (SSSR count). The summed E-state index contributed by atoms with van der Waals surface area (Å²) in [5, 5.41) is 0. The highest BCUT2D eigenvalue weighted by Gasteiger charge is 2.21. The van der Waals surface area contributed by atoms with Crippen molar-refractivity contribution in [3.63, 3.8) is 0 Å². The van der Waals surface area contributed by atoms with E-state index in [1.165, 1.54) is 16.7 Å². The molecule has 1 aliphatic heterocycles. The number of fused-ring (bicyclic) bond motifs is 2. The van der Waals surface area contributed by atoms with Crippen LogP contribution in [0.2, 0.25) is 0 Å². The normalized spacial score (nSPS) is 13.7. The SMILES string of the molecule is CCc1nc(N2CCc3ccccc3C2)c2[nH]c(-c3ccccc3)cc2n1. The van der Waals surface area contributed by atoms with Crippen molar-refractivity contribution in [3.8, 4) is 11.3 Å². The van der Waals surface area contributed by atoms with Gasteiger partial charge in [-0.15, -0.1) is 0 Å². The fraction of sp³-hybridized carbons (Fsp3) is 0.217. The van der Waals surface area contributed by atoms with Gasteiger partial charge < -0.3 is 9.88 Å². The molecule has 0 saturated heterocycles. The van der Waals surface area contributed by atoms with Crippen molar-refractivity contribution in [2.75, 3.05) is 11.4 Å². The van der Waals surface area contributed by atoms with E-state index in [9.17, 15) is 0 Å². The second kappa shape index (κ2) is 6.54. The van der Waals surface area contributed by atoms with Crippen LogP contribution in [0, 0.1) is 0 Å². The zero-order valence-electron chi connectivity index (χ0n) is 15.4. The Balaban J connectivity index is 1.62. The van der Waals surface area contributed by atoms with Crippen molar-refractivity contribution in [3.05, 3.63) is 77.6 Å². The molecule has 2 aromatic heterocycles. The van der Waals surface area contributed by atoms with E-state index in [4.69, 9.17) is 9.97 Å². The molecule has 3 heterocycles. The van der Waals surface area contributed by atoms with Gasteiger partial charge in [-0.05, 0) is 29.2 Å². The fourth-order valence-electron chi connectivity index (χ4n) is 3.88. The number of H-pyrrole nitrogens is 1. The first-order valence-electron chi connectivity index (χ1n) is 9.58. The van der Waals surface area contributed by atoms with Gasteiger partial charge >= 0.3 is 0 Å². The number of benzene rings is 2. The van der Waals surface area contributed by atoms with Gasteiger partial charge in [0.2, 0.25) is 0 Å². The molecule has 0 fully saturated rings. The molecule has 1 aliphatic rings. The first-order valence-corrected chi connectivity index (χ1v) is 9.58. The third-order valence-corrected chi connectivity index (χ3v) is 5.34. The lowest BCUT2D eigenvalue weighted by molar-refractivity contribution is 0.718. The molecule has 4 aromatic rings. The van der Waals surface area contributed by atoms with Crippen LogP contribution >= 0.6 is 0 Å². The van der Waals surface area contributed by atoms with Crippen LogP contribution in [0.15, 0.2) is 60.7 Å². The Hall–Kier alpha value is -3.14. The van der Waals surface area contributed by atoms with Crippen molar-refractivity contribution in [2.45, 2.75) is 26.3 Å². The van der Waals surface area contributed by atoms with E-state index in [1.54, 1.807) is 0 Å². The number of hydrogen-bond donors (Lipinski definition) is 1. The zero-order valence-corrected chi connectivity index (χ0v) is 15.4. The first-order chi connectivity index (χ1) is 13.3. The summed E-state index contributed by atoms with van der Waals surface area (Å²) in [6.45, 7) is 3.98. The summed E-state index contributed by atoms with van der Waals surface area (Å²) in [5.74, 6) is 1.92. The number of hydrogen-bond acceptors (Lipinski definition) is 3. The molecule has 0 atom stereocenters. The number of nitrogens with one attached hydrogen (secondary N) is 1. The zero-order chi connectivity index (χ0) is 18.2. The lowest BCUT2D eigenvalue weighted by Crippen LogP contribution is -2.31. The van der Waals surface area contributed by atoms with Crippen molar-refractivity contribution in [1.29, 1.82) is 0 Å². The predicted molar refractivity (Wildman–Crippen MR) is 110 cm³/mol. The summed E-state index contributed by atoms with van der Waals surface area (Å²) >= 11 is 0. The maximum Gasteiger partial charge on any atom is 0.157 e. The Labute approximate surface area is 158 Å². The third-order valence-electron chi connectivity index (χ3n) is 5.34. The number of aryl methyl sites for hydroxylation is 1. The number of aromatic amines is 1. The lowest BCUT2D eigenvalue weighted by Gasteiger charge is -2.30. The Morgan fingerprint density at radius 2 is 1.74 bits per heavy atom. The molecular formula is C23H22N4. The number of aromatic nitrogens is 3. The summed E-state index contributed by atoms with van der Waals surface area (Å²) in [6, 6.07) is 21.3. The maximum absolute atomic E-state index is 4.91. The van der Waals surface area contributed by atoms with Crippen molar-refractivity contribution in [2.24, 2.45) is 0 Å². The molecule has 0 spiro atoms. The van der Waals surface area contributed by atoms with Gasteiger partial charge in [0.15, 0.2) is 5.82 Å². The van der Waals surface area contributed by atoms with E-state index in [2.05, 4.69) is 71.4 Å². The van der Waals surface area contributed by atoms with Crippen LogP contribution < -0.4 is 4.90 Å². The van der Waals surface area contributed by atoms with Gasteiger partial charge in [0.25, 0.3) is 0 Å². The molecule has 0 unspecified atom stereocenters. The molecule has 27 heavy (non-hydrogen) atoms. The molecule has 0 aliphatic carbocycles. The Bertz CT molecular complexity index is 1100. The summed E-state index contributed by atoms with van der Waals surface area (Å²) in [4.78, 5) is 15.6. The molecule has 0 radical (unpaired) electrons. The predicted octanol–water partition coefficient (Wildman–Crippen LogP) is 4.75. The molecule has 134 valence electrons. The van der Waals surface area contributed by atoms with E-state index in [-0.39, 0.29) is 0 Å². The minimum Gasteiger partial charge on any atom is -0.350 e. The second-order valence-corrected chi connectivity index (χ2v) is 7.07. The Morgan fingerprint density at radius 3 is 2.56 bits per heavy atom. The van der Waals surface area contributed by atoms with E-state index in [1.807, 2.05) is 6.07 Å². The topological polar surface area (TPSA) is 44.8 Å². The highest BCUT2D eigenvalue weighted by Crippen LogP contribution is 2.31. The third kappa shape index (κ3) is 2.87. The molecule has 0 saturated carbocycles.